The van der Waals surface area contributed by atoms with Gasteiger partial charge in [-0.25, -0.2) is 15.0 Å². The molecule has 1 aromatic carbocycles. The molecule has 4 rings (SSSR count). The second-order valence-corrected chi connectivity index (χ2v) is 7.61. The Hall–Kier alpha value is -2.44. The Balaban J connectivity index is 1.65. The van der Waals surface area contributed by atoms with E-state index in [0.717, 1.165) is 48.5 Å². The number of aromatic nitrogens is 3. The molecule has 0 amide bonds. The van der Waals surface area contributed by atoms with Gasteiger partial charge in [0.1, 0.15) is 17.1 Å². The maximum absolute atomic E-state index is 6.43. The number of piperidine rings is 1. The lowest BCUT2D eigenvalue weighted by Gasteiger charge is -2.37. The third kappa shape index (κ3) is 3.55. The van der Waals surface area contributed by atoms with E-state index in [2.05, 4.69) is 21.8 Å². The monoisotopic (exact) mass is 383 g/mol. The zero-order chi connectivity index (χ0) is 19.0. The molecule has 3 aromatic rings. The number of benzene rings is 1. The Kier molecular flexibility index (Phi) is 4.61. The van der Waals surface area contributed by atoms with Gasteiger partial charge in [0.2, 0.25) is 0 Å². The summed E-state index contributed by atoms with van der Waals surface area (Å²) < 4.78 is 5.29. The van der Waals surface area contributed by atoms with Gasteiger partial charge < -0.3 is 15.4 Å². The molecule has 0 unspecified atom stereocenters. The van der Waals surface area contributed by atoms with Gasteiger partial charge in [-0.05, 0) is 38.0 Å². The van der Waals surface area contributed by atoms with E-state index in [1.165, 1.54) is 0 Å². The third-order valence-corrected chi connectivity index (χ3v) is 5.47. The van der Waals surface area contributed by atoms with Crippen LogP contribution in [0.3, 0.4) is 0 Å². The molecular formula is C20H22ClN5O. The molecule has 0 radical (unpaired) electrons. The van der Waals surface area contributed by atoms with Gasteiger partial charge in [0, 0.05) is 24.2 Å². The average Bonchev–Trinajstić information content (AvgIpc) is 2.67. The van der Waals surface area contributed by atoms with Crippen LogP contribution in [0.4, 0.5) is 5.82 Å². The minimum Gasteiger partial charge on any atom is -0.495 e. The SMILES string of the molecule is COc1cccc(-c2ccc3nc(N4CCC(C)(N)CC4)cnc3n2)c1Cl. The molecule has 1 aliphatic heterocycles. The highest BCUT2D eigenvalue weighted by Crippen LogP contribution is 2.34. The highest BCUT2D eigenvalue weighted by atomic mass is 35.5. The largest absolute Gasteiger partial charge is 0.495 e. The van der Waals surface area contributed by atoms with Crippen LogP contribution in [0.5, 0.6) is 5.75 Å². The number of hydrogen-bond acceptors (Lipinski definition) is 6. The Labute approximate surface area is 163 Å². The number of fused-ring (bicyclic) bond motifs is 1. The van der Waals surface area contributed by atoms with Crippen molar-refractivity contribution in [3.05, 3.63) is 41.6 Å². The molecule has 1 fully saturated rings. The van der Waals surface area contributed by atoms with Gasteiger partial charge in [-0.1, -0.05) is 23.7 Å². The van der Waals surface area contributed by atoms with E-state index in [-0.39, 0.29) is 5.54 Å². The van der Waals surface area contributed by atoms with Gasteiger partial charge in [-0.15, -0.1) is 0 Å². The van der Waals surface area contributed by atoms with E-state index in [4.69, 9.17) is 27.1 Å². The molecule has 6 nitrogen and oxygen atoms in total. The predicted octanol–water partition coefficient (Wildman–Crippen LogP) is 3.67. The lowest BCUT2D eigenvalue weighted by Crippen LogP contribution is -2.48. The van der Waals surface area contributed by atoms with Gasteiger partial charge in [0.15, 0.2) is 5.65 Å². The smallest absolute Gasteiger partial charge is 0.178 e. The molecule has 7 heteroatoms. The van der Waals surface area contributed by atoms with Crippen molar-refractivity contribution in [2.45, 2.75) is 25.3 Å². The Bertz CT molecular complexity index is 981. The van der Waals surface area contributed by atoms with Crippen LogP contribution in [0.25, 0.3) is 22.4 Å². The van der Waals surface area contributed by atoms with Gasteiger partial charge in [0.05, 0.1) is 24.0 Å². The van der Waals surface area contributed by atoms with Crippen molar-refractivity contribution in [2.75, 3.05) is 25.1 Å². The molecule has 0 saturated carbocycles. The maximum atomic E-state index is 6.43. The highest BCUT2D eigenvalue weighted by Gasteiger charge is 2.26. The molecule has 0 aliphatic carbocycles. The van der Waals surface area contributed by atoms with E-state index in [1.54, 1.807) is 13.3 Å². The van der Waals surface area contributed by atoms with Gasteiger partial charge >= 0.3 is 0 Å². The zero-order valence-corrected chi connectivity index (χ0v) is 16.2. The summed E-state index contributed by atoms with van der Waals surface area (Å²) in [4.78, 5) is 16.1. The van der Waals surface area contributed by atoms with Crippen molar-refractivity contribution in [1.29, 1.82) is 0 Å². The van der Waals surface area contributed by atoms with E-state index in [9.17, 15) is 0 Å². The minimum absolute atomic E-state index is 0.0900. The standard InChI is InChI=1S/C20H22ClN5O/c1-20(22)8-10-26(11-9-20)17-12-23-19-15(24-17)7-6-14(25-19)13-4-3-5-16(27-2)18(13)21/h3-7,12H,8-11,22H2,1-2H3. The summed E-state index contributed by atoms with van der Waals surface area (Å²) in [6, 6.07) is 9.47. The van der Waals surface area contributed by atoms with Crippen LogP contribution in [0.2, 0.25) is 5.02 Å². The first-order valence-electron chi connectivity index (χ1n) is 8.97. The fraction of sp³-hybridized carbons (Fsp3) is 0.350. The maximum Gasteiger partial charge on any atom is 0.178 e. The van der Waals surface area contributed by atoms with Crippen LogP contribution in [0, 0.1) is 0 Å². The second kappa shape index (κ2) is 6.94. The first kappa shape index (κ1) is 17.9. The van der Waals surface area contributed by atoms with Gasteiger partial charge in [-0.3, -0.25) is 0 Å². The van der Waals surface area contributed by atoms with Crippen molar-refractivity contribution in [3.63, 3.8) is 0 Å². The summed E-state index contributed by atoms with van der Waals surface area (Å²) >= 11 is 6.43. The summed E-state index contributed by atoms with van der Waals surface area (Å²) in [5.41, 5.74) is 9.03. The molecule has 1 saturated heterocycles. The lowest BCUT2D eigenvalue weighted by molar-refractivity contribution is 0.363. The Morgan fingerprint density at radius 2 is 1.93 bits per heavy atom. The quantitative estimate of drug-likeness (QED) is 0.743. The number of rotatable bonds is 3. The second-order valence-electron chi connectivity index (χ2n) is 7.23. The fourth-order valence-corrected chi connectivity index (χ4v) is 3.61. The van der Waals surface area contributed by atoms with Crippen LogP contribution in [0.15, 0.2) is 36.5 Å². The molecule has 140 valence electrons. The number of anilines is 1. The lowest BCUT2D eigenvalue weighted by atomic mass is 9.91. The number of halogens is 1. The fourth-order valence-electron chi connectivity index (χ4n) is 3.31. The molecule has 0 spiro atoms. The number of pyridine rings is 1. The number of nitrogens with two attached hydrogens (primary N) is 1. The summed E-state index contributed by atoms with van der Waals surface area (Å²) in [6.07, 6.45) is 3.67. The van der Waals surface area contributed by atoms with Crippen molar-refractivity contribution in [3.8, 4) is 17.0 Å². The van der Waals surface area contributed by atoms with Crippen molar-refractivity contribution >= 4 is 28.6 Å². The molecule has 2 aromatic heterocycles. The topological polar surface area (TPSA) is 77.2 Å². The average molecular weight is 384 g/mol. The molecule has 2 N–H and O–H groups in total. The molecule has 0 atom stereocenters. The summed E-state index contributed by atoms with van der Waals surface area (Å²) in [6.45, 7) is 3.88. The van der Waals surface area contributed by atoms with Crippen LogP contribution >= 0.6 is 11.6 Å². The first-order chi connectivity index (χ1) is 13.0. The minimum atomic E-state index is -0.0900. The molecule has 1 aliphatic rings. The first-order valence-corrected chi connectivity index (χ1v) is 9.35. The molecule has 0 bridgehead atoms. The molecular weight excluding hydrogens is 362 g/mol. The van der Waals surface area contributed by atoms with Crippen molar-refractivity contribution < 1.29 is 4.74 Å². The number of nitrogens with zero attached hydrogens (tertiary/aromatic N) is 4. The van der Waals surface area contributed by atoms with E-state index in [1.807, 2.05) is 30.3 Å². The van der Waals surface area contributed by atoms with Crippen LogP contribution in [0.1, 0.15) is 19.8 Å². The zero-order valence-electron chi connectivity index (χ0n) is 15.4. The van der Waals surface area contributed by atoms with E-state index < -0.39 is 0 Å². The van der Waals surface area contributed by atoms with Gasteiger partial charge in [-0.2, -0.15) is 0 Å². The summed E-state index contributed by atoms with van der Waals surface area (Å²) in [5.74, 6) is 1.49. The number of methoxy groups -OCH3 is 1. The summed E-state index contributed by atoms with van der Waals surface area (Å²) in [5, 5.41) is 0.537. The summed E-state index contributed by atoms with van der Waals surface area (Å²) in [7, 11) is 1.60. The van der Waals surface area contributed by atoms with Crippen LogP contribution in [-0.2, 0) is 0 Å². The number of ether oxygens (including phenoxy) is 1. The van der Waals surface area contributed by atoms with Gasteiger partial charge in [0.25, 0.3) is 0 Å². The predicted molar refractivity (Wildman–Crippen MR) is 108 cm³/mol. The van der Waals surface area contributed by atoms with E-state index in [0.29, 0.717) is 16.4 Å². The molecule has 27 heavy (non-hydrogen) atoms. The number of hydrogen-bond donors (Lipinski definition) is 1. The Morgan fingerprint density at radius 3 is 2.67 bits per heavy atom. The normalized spacial score (nSPS) is 16.5. The van der Waals surface area contributed by atoms with Crippen molar-refractivity contribution in [2.24, 2.45) is 5.73 Å². The highest BCUT2D eigenvalue weighted by molar-refractivity contribution is 6.34. The van der Waals surface area contributed by atoms with E-state index >= 15 is 0 Å². The van der Waals surface area contributed by atoms with Crippen LogP contribution < -0.4 is 15.4 Å². The third-order valence-electron chi connectivity index (χ3n) is 5.08. The molecule has 3 heterocycles. The van der Waals surface area contributed by atoms with Crippen molar-refractivity contribution in [1.82, 2.24) is 15.0 Å². The Morgan fingerprint density at radius 1 is 1.15 bits per heavy atom. The van der Waals surface area contributed by atoms with Crippen LogP contribution in [-0.4, -0.2) is 40.7 Å².